The highest BCUT2D eigenvalue weighted by molar-refractivity contribution is 6.34. The molecule has 2 aromatic rings. The van der Waals surface area contributed by atoms with Crippen LogP contribution in [0.15, 0.2) is 36.4 Å². The molecule has 0 aromatic heterocycles. The van der Waals surface area contributed by atoms with Crippen molar-refractivity contribution in [3.8, 4) is 5.75 Å². The Morgan fingerprint density at radius 1 is 0.976 bits per heavy atom. The van der Waals surface area contributed by atoms with Crippen molar-refractivity contribution in [3.05, 3.63) is 58.1 Å². The van der Waals surface area contributed by atoms with Gasteiger partial charge in [-0.1, -0.05) is 81.0 Å². The van der Waals surface area contributed by atoms with Gasteiger partial charge in [0.05, 0.1) is 17.3 Å². The second kappa shape index (κ2) is 16.4. The van der Waals surface area contributed by atoms with Crippen LogP contribution in [0.25, 0.3) is 0 Å². The van der Waals surface area contributed by atoms with E-state index >= 15 is 0 Å². The van der Waals surface area contributed by atoms with Gasteiger partial charge in [-0.25, -0.2) is 4.79 Å². The van der Waals surface area contributed by atoms with E-state index in [0.29, 0.717) is 22.7 Å². The van der Waals surface area contributed by atoms with Crippen LogP contribution in [0.1, 0.15) is 89.0 Å². The van der Waals surface area contributed by atoms with Gasteiger partial charge in [0, 0.05) is 12.1 Å². The van der Waals surface area contributed by atoms with E-state index in [-0.39, 0.29) is 17.9 Å². The molecule has 2 atom stereocenters. The number of unbranched alkanes of at least 4 members (excludes halogenated alkanes) is 5. The highest BCUT2D eigenvalue weighted by Crippen LogP contribution is 2.34. The molecule has 2 aromatic carbocycles. The Kier molecular flexibility index (Phi) is 13.6. The Hall–Kier alpha value is -3.30. The van der Waals surface area contributed by atoms with Crippen LogP contribution in [0.3, 0.4) is 0 Å². The molecule has 3 amide bonds. The number of carbonyl (C=O) groups is 3. The molecule has 0 spiro atoms. The Bertz CT molecular complexity index is 1190. The van der Waals surface area contributed by atoms with E-state index in [9.17, 15) is 24.6 Å². The predicted octanol–water partition coefficient (Wildman–Crippen LogP) is 6.42. The van der Waals surface area contributed by atoms with Crippen LogP contribution in [0.5, 0.6) is 5.75 Å². The number of nitrogens with one attached hydrogen (secondary N) is 2. The molecule has 4 N–H and O–H groups in total. The Labute approximate surface area is 254 Å². The summed E-state index contributed by atoms with van der Waals surface area (Å²) in [5, 5.41) is 26.9. The first-order chi connectivity index (χ1) is 19.8. The van der Waals surface area contributed by atoms with Gasteiger partial charge in [-0.05, 0) is 58.2 Å². The van der Waals surface area contributed by atoms with Crippen LogP contribution in [-0.4, -0.2) is 57.8 Å². The summed E-state index contributed by atoms with van der Waals surface area (Å²) in [5.41, 5.74) is 1.02. The lowest BCUT2D eigenvalue weighted by molar-refractivity contribution is -0.141. The van der Waals surface area contributed by atoms with Gasteiger partial charge in [-0.3, -0.25) is 9.59 Å². The molecule has 232 valence electrons. The lowest BCUT2D eigenvalue weighted by Gasteiger charge is -2.34. The number of nitrogens with zero attached hydrogens (tertiary/aromatic N) is 1. The fourth-order valence-corrected chi connectivity index (χ4v) is 4.87. The van der Waals surface area contributed by atoms with Gasteiger partial charge in [-0.15, -0.1) is 0 Å². The predicted molar refractivity (Wildman–Crippen MR) is 166 cm³/mol. The number of carbonyl (C=O) groups excluding carboxylic acids is 3. The Balaban J connectivity index is 2.55. The minimum absolute atomic E-state index is 0.130. The molecule has 9 nitrogen and oxygen atoms in total. The van der Waals surface area contributed by atoms with E-state index in [1.165, 1.54) is 4.90 Å². The van der Waals surface area contributed by atoms with Crippen LogP contribution in [-0.2, 0) is 14.3 Å². The number of phenolic OH excluding ortho intramolecular Hbond substituents is 1. The molecule has 42 heavy (non-hydrogen) atoms. The second-order valence-electron chi connectivity index (χ2n) is 11.5. The summed E-state index contributed by atoms with van der Waals surface area (Å²) < 4.78 is 5.30. The minimum atomic E-state index is -1.38. The summed E-state index contributed by atoms with van der Waals surface area (Å²) in [4.78, 5) is 42.0. The number of para-hydroxylation sites is 2. The third-order valence-corrected chi connectivity index (χ3v) is 7.12. The van der Waals surface area contributed by atoms with E-state index < -0.39 is 42.2 Å². The van der Waals surface area contributed by atoms with E-state index in [4.69, 9.17) is 16.3 Å². The molecule has 2 rings (SSSR count). The summed E-state index contributed by atoms with van der Waals surface area (Å²) in [6, 6.07) is 7.51. The lowest BCUT2D eigenvalue weighted by atomic mass is 9.98. The number of hydrogen-bond donors (Lipinski definition) is 4. The van der Waals surface area contributed by atoms with Gasteiger partial charge >= 0.3 is 6.09 Å². The number of amides is 3. The minimum Gasteiger partial charge on any atom is -0.507 e. The summed E-state index contributed by atoms with van der Waals surface area (Å²) >= 11 is 6.41. The SMILES string of the molecule is CCCCCCCCN(C(=O)C(CO)NC(=O)OC(C)(C)C)C(C(=O)Nc1c(C)cccc1Cl)c1cccc(C)c1O. The molecule has 0 saturated carbocycles. The summed E-state index contributed by atoms with van der Waals surface area (Å²) in [6.07, 6.45) is 4.72. The Morgan fingerprint density at radius 2 is 1.60 bits per heavy atom. The van der Waals surface area contributed by atoms with Gasteiger partial charge in [0.25, 0.3) is 5.91 Å². The van der Waals surface area contributed by atoms with Gasteiger partial charge in [0.1, 0.15) is 23.4 Å². The maximum atomic E-state index is 14.1. The van der Waals surface area contributed by atoms with Crippen molar-refractivity contribution in [1.82, 2.24) is 10.2 Å². The zero-order valence-electron chi connectivity index (χ0n) is 25.6. The first-order valence-electron chi connectivity index (χ1n) is 14.6. The number of hydrogen-bond acceptors (Lipinski definition) is 6. The topological polar surface area (TPSA) is 128 Å². The third kappa shape index (κ3) is 10.2. The quantitative estimate of drug-likeness (QED) is 0.185. The molecule has 0 fully saturated rings. The van der Waals surface area contributed by atoms with Gasteiger partial charge in [-0.2, -0.15) is 0 Å². The van der Waals surface area contributed by atoms with Crippen molar-refractivity contribution in [3.63, 3.8) is 0 Å². The van der Waals surface area contributed by atoms with E-state index in [0.717, 1.165) is 37.7 Å². The summed E-state index contributed by atoms with van der Waals surface area (Å²) in [6.45, 7) is 10.1. The molecule has 0 aliphatic carbocycles. The summed E-state index contributed by atoms with van der Waals surface area (Å²) in [7, 11) is 0. The zero-order valence-corrected chi connectivity index (χ0v) is 26.4. The van der Waals surface area contributed by atoms with E-state index in [2.05, 4.69) is 17.6 Å². The number of aryl methyl sites for hydroxylation is 2. The molecule has 0 saturated heterocycles. The van der Waals surface area contributed by atoms with Gasteiger partial charge in [0.15, 0.2) is 0 Å². The number of anilines is 1. The van der Waals surface area contributed by atoms with Crippen LogP contribution in [0.4, 0.5) is 10.5 Å². The van der Waals surface area contributed by atoms with Gasteiger partial charge < -0.3 is 30.5 Å². The number of rotatable bonds is 14. The zero-order chi connectivity index (χ0) is 31.4. The number of ether oxygens (including phenoxy) is 1. The maximum Gasteiger partial charge on any atom is 0.408 e. The van der Waals surface area contributed by atoms with Crippen molar-refractivity contribution < 1.29 is 29.3 Å². The molecule has 0 aliphatic rings. The number of aromatic hydroxyl groups is 1. The standard InChI is InChI=1S/C32H46ClN3O6/c1-7-8-9-10-11-12-19-36(30(40)25(20-37)34-31(41)42-32(4,5)6)27(23-17-13-16-22(3)28(23)38)29(39)35-26-21(2)15-14-18-24(26)33/h13-18,25,27,37-38H,7-12,19-20H2,1-6H3,(H,34,41)(H,35,39). The van der Waals surface area contributed by atoms with Crippen molar-refractivity contribution >= 4 is 35.2 Å². The molecule has 0 heterocycles. The number of alkyl carbamates (subject to hydrolysis) is 1. The average Bonchev–Trinajstić information content (AvgIpc) is 2.91. The van der Waals surface area contributed by atoms with Crippen LogP contribution in [0, 0.1) is 13.8 Å². The maximum absolute atomic E-state index is 14.1. The van der Waals surface area contributed by atoms with Crippen LogP contribution in [0.2, 0.25) is 5.02 Å². The molecule has 10 heteroatoms. The average molecular weight is 604 g/mol. The fraction of sp³-hybridized carbons (Fsp3) is 0.531. The van der Waals surface area contributed by atoms with Crippen molar-refractivity contribution in [1.29, 1.82) is 0 Å². The normalized spacial score (nSPS) is 12.8. The number of benzene rings is 2. The first-order valence-corrected chi connectivity index (χ1v) is 14.9. The molecular weight excluding hydrogens is 558 g/mol. The van der Waals surface area contributed by atoms with Crippen molar-refractivity contribution in [2.75, 3.05) is 18.5 Å². The fourth-order valence-electron chi connectivity index (χ4n) is 4.60. The summed E-state index contributed by atoms with van der Waals surface area (Å²) in [5.74, 6) is -1.41. The highest BCUT2D eigenvalue weighted by Gasteiger charge is 2.37. The second-order valence-corrected chi connectivity index (χ2v) is 11.9. The largest absolute Gasteiger partial charge is 0.507 e. The number of aliphatic hydroxyl groups excluding tert-OH is 1. The first kappa shape index (κ1) is 34.9. The molecule has 2 unspecified atom stereocenters. The van der Waals surface area contributed by atoms with Crippen molar-refractivity contribution in [2.45, 2.75) is 97.8 Å². The van der Waals surface area contributed by atoms with Gasteiger partial charge in [0.2, 0.25) is 5.91 Å². The number of halogens is 1. The van der Waals surface area contributed by atoms with E-state index in [1.807, 2.05) is 0 Å². The smallest absolute Gasteiger partial charge is 0.408 e. The lowest BCUT2D eigenvalue weighted by Crippen LogP contribution is -2.54. The Morgan fingerprint density at radius 3 is 2.21 bits per heavy atom. The van der Waals surface area contributed by atoms with Crippen molar-refractivity contribution in [2.24, 2.45) is 0 Å². The monoisotopic (exact) mass is 603 g/mol. The van der Waals surface area contributed by atoms with Crippen LogP contribution >= 0.6 is 11.6 Å². The highest BCUT2D eigenvalue weighted by atomic mass is 35.5. The molecule has 0 aliphatic heterocycles. The molecule has 0 bridgehead atoms. The van der Waals surface area contributed by atoms with Crippen LogP contribution < -0.4 is 10.6 Å². The number of phenols is 1. The van der Waals surface area contributed by atoms with E-state index in [1.54, 1.807) is 71.0 Å². The third-order valence-electron chi connectivity index (χ3n) is 6.80. The molecular formula is C32H46ClN3O6. The molecule has 0 radical (unpaired) electrons. The number of aliphatic hydroxyl groups is 1.